The number of pyridine rings is 2. The van der Waals surface area contributed by atoms with Gasteiger partial charge in [-0.1, -0.05) is 0 Å². The Hall–Kier alpha value is -2.47. The van der Waals surface area contributed by atoms with Crippen molar-refractivity contribution in [2.45, 2.75) is 19.3 Å². The molecule has 2 aliphatic heterocycles. The number of nitrogens with one attached hydrogen (secondary N) is 1. The maximum atomic E-state index is 11.7. The van der Waals surface area contributed by atoms with E-state index < -0.39 is 10.0 Å². The fourth-order valence-electron chi connectivity index (χ4n) is 3.58. The lowest BCUT2D eigenvalue weighted by Gasteiger charge is -2.30. The van der Waals surface area contributed by atoms with E-state index in [0.717, 1.165) is 30.6 Å². The number of likely N-dealkylation sites (N-methyl/N-ethyl adjacent to an activating group) is 1. The van der Waals surface area contributed by atoms with Crippen LogP contribution in [-0.2, 0) is 32.7 Å². The zero-order chi connectivity index (χ0) is 22.0. The Morgan fingerprint density at radius 2 is 2.16 bits per heavy atom. The van der Waals surface area contributed by atoms with Crippen LogP contribution in [0, 0.1) is 0 Å². The third kappa shape index (κ3) is 5.24. The minimum absolute atomic E-state index is 0.0125. The number of hydrogen-bond acceptors (Lipinski definition) is 9. The van der Waals surface area contributed by atoms with Gasteiger partial charge in [-0.05, 0) is 13.1 Å². The second-order valence-corrected chi connectivity index (χ2v) is 9.39. The molecule has 0 spiro atoms. The van der Waals surface area contributed by atoms with E-state index in [9.17, 15) is 8.42 Å². The normalized spacial score (nSPS) is 19.1. The lowest BCUT2D eigenvalue weighted by Crippen LogP contribution is -2.42. The van der Waals surface area contributed by atoms with E-state index in [4.69, 9.17) is 18.9 Å². The van der Waals surface area contributed by atoms with Gasteiger partial charge in [0.2, 0.25) is 15.9 Å². The summed E-state index contributed by atoms with van der Waals surface area (Å²) in [5, 5.41) is 0. The Kier molecular flexibility index (Phi) is 6.28. The maximum Gasteiger partial charge on any atom is 0.238 e. The van der Waals surface area contributed by atoms with Gasteiger partial charge in [0, 0.05) is 36.5 Å². The predicted octanol–water partition coefficient (Wildman–Crippen LogP) is 1.26. The summed E-state index contributed by atoms with van der Waals surface area (Å²) in [7, 11) is -0.0173. The summed E-state index contributed by atoms with van der Waals surface area (Å²) in [6.45, 7) is 3.64. The Morgan fingerprint density at radius 1 is 1.32 bits per heavy atom. The summed E-state index contributed by atoms with van der Waals surface area (Å²) in [6, 6.07) is 3.47. The number of aromatic nitrogens is 2. The first-order valence-corrected chi connectivity index (χ1v) is 11.8. The van der Waals surface area contributed by atoms with Gasteiger partial charge in [0.1, 0.15) is 24.1 Å². The van der Waals surface area contributed by atoms with Crippen LogP contribution in [0.4, 0.5) is 5.69 Å². The number of methoxy groups -OCH3 is 1. The molecule has 0 aromatic carbocycles. The van der Waals surface area contributed by atoms with Gasteiger partial charge >= 0.3 is 0 Å². The Morgan fingerprint density at radius 3 is 2.90 bits per heavy atom. The second-order valence-electron chi connectivity index (χ2n) is 7.64. The third-order valence-electron chi connectivity index (χ3n) is 5.06. The lowest BCUT2D eigenvalue weighted by atomic mass is 10.1. The van der Waals surface area contributed by atoms with Gasteiger partial charge in [0.25, 0.3) is 0 Å². The highest BCUT2D eigenvalue weighted by molar-refractivity contribution is 7.92. The summed E-state index contributed by atoms with van der Waals surface area (Å²) >= 11 is 0. The maximum absolute atomic E-state index is 11.7. The Bertz CT molecular complexity index is 1060. The molecule has 1 atom stereocenters. The molecule has 0 radical (unpaired) electrons. The standard InChI is InChI=1S/C20H26N4O6S/c1-24-4-5-29-14(9-24)10-30-19-7-16(22-18-12-28-11-15(18)19)13-6-17(23-31(3,25)26)20(27-2)21-8-13/h6-8,14,23H,4-5,9-12H2,1-3H3/t14-/m1/s1. The highest BCUT2D eigenvalue weighted by Crippen LogP contribution is 2.34. The predicted molar refractivity (Wildman–Crippen MR) is 114 cm³/mol. The van der Waals surface area contributed by atoms with Crippen molar-refractivity contribution in [1.29, 1.82) is 0 Å². The summed E-state index contributed by atoms with van der Waals surface area (Å²) < 4.78 is 48.5. The molecular formula is C20H26N4O6S. The van der Waals surface area contributed by atoms with Crippen molar-refractivity contribution < 1.29 is 27.4 Å². The van der Waals surface area contributed by atoms with Gasteiger partial charge in [-0.3, -0.25) is 4.72 Å². The quantitative estimate of drug-likeness (QED) is 0.666. The first-order valence-electron chi connectivity index (χ1n) is 9.88. The molecule has 0 unspecified atom stereocenters. The van der Waals surface area contributed by atoms with Gasteiger partial charge in [-0.2, -0.15) is 0 Å². The van der Waals surface area contributed by atoms with Gasteiger partial charge < -0.3 is 23.8 Å². The van der Waals surface area contributed by atoms with Crippen molar-refractivity contribution in [3.05, 3.63) is 29.6 Å². The minimum Gasteiger partial charge on any atom is -0.490 e. The molecule has 1 N–H and O–H groups in total. The highest BCUT2D eigenvalue weighted by atomic mass is 32.2. The summed E-state index contributed by atoms with van der Waals surface area (Å²) in [5.74, 6) is 0.858. The van der Waals surface area contributed by atoms with E-state index >= 15 is 0 Å². The van der Waals surface area contributed by atoms with Gasteiger partial charge in [0.15, 0.2) is 0 Å². The number of rotatable bonds is 7. The molecule has 4 rings (SSSR count). The van der Waals surface area contributed by atoms with Crippen molar-refractivity contribution in [3.63, 3.8) is 0 Å². The van der Waals surface area contributed by atoms with E-state index in [1.54, 1.807) is 12.3 Å². The smallest absolute Gasteiger partial charge is 0.238 e. The molecule has 4 heterocycles. The van der Waals surface area contributed by atoms with Crippen molar-refractivity contribution in [2.24, 2.45) is 0 Å². The molecule has 0 aliphatic carbocycles. The molecule has 2 aromatic heterocycles. The fraction of sp³-hybridized carbons (Fsp3) is 0.500. The Labute approximate surface area is 181 Å². The van der Waals surface area contributed by atoms with Gasteiger partial charge in [0.05, 0.1) is 44.6 Å². The molecule has 0 bridgehead atoms. The average Bonchev–Trinajstić information content (AvgIpc) is 3.19. The zero-order valence-corrected chi connectivity index (χ0v) is 18.6. The first-order chi connectivity index (χ1) is 14.8. The SMILES string of the molecule is COc1ncc(-c2cc(OC[C@H]3CN(C)CCO3)c3c(n2)COC3)cc1NS(C)(=O)=O. The Balaban J connectivity index is 1.63. The highest BCUT2D eigenvalue weighted by Gasteiger charge is 2.23. The molecular weight excluding hydrogens is 424 g/mol. The van der Waals surface area contributed by atoms with Crippen LogP contribution in [0.1, 0.15) is 11.3 Å². The molecule has 0 saturated carbocycles. The number of ether oxygens (including phenoxy) is 4. The van der Waals surface area contributed by atoms with E-state index in [1.165, 1.54) is 7.11 Å². The molecule has 0 amide bonds. The summed E-state index contributed by atoms with van der Waals surface area (Å²) in [4.78, 5) is 11.1. The molecule has 2 aliphatic rings. The van der Waals surface area contributed by atoms with Crippen molar-refractivity contribution in [3.8, 4) is 22.9 Å². The lowest BCUT2D eigenvalue weighted by molar-refractivity contribution is -0.0405. The van der Waals surface area contributed by atoms with Crippen LogP contribution < -0.4 is 14.2 Å². The van der Waals surface area contributed by atoms with Crippen LogP contribution in [0.15, 0.2) is 18.3 Å². The number of hydrogen-bond donors (Lipinski definition) is 1. The van der Waals surface area contributed by atoms with Crippen LogP contribution in [0.25, 0.3) is 11.3 Å². The van der Waals surface area contributed by atoms with E-state index in [0.29, 0.717) is 43.4 Å². The number of morpholine rings is 1. The van der Waals surface area contributed by atoms with Crippen LogP contribution in [0.5, 0.6) is 11.6 Å². The molecule has 31 heavy (non-hydrogen) atoms. The van der Waals surface area contributed by atoms with Crippen molar-refractivity contribution in [2.75, 3.05) is 51.4 Å². The number of sulfonamides is 1. The van der Waals surface area contributed by atoms with Crippen molar-refractivity contribution >= 4 is 15.7 Å². The number of anilines is 1. The molecule has 1 fully saturated rings. The van der Waals surface area contributed by atoms with Crippen LogP contribution >= 0.6 is 0 Å². The molecule has 168 valence electrons. The number of fused-ring (bicyclic) bond motifs is 1. The largest absolute Gasteiger partial charge is 0.490 e. The average molecular weight is 451 g/mol. The molecule has 2 aromatic rings. The topological polar surface area (TPSA) is 112 Å². The van der Waals surface area contributed by atoms with Gasteiger partial charge in [-0.25, -0.2) is 18.4 Å². The second kappa shape index (κ2) is 8.95. The van der Waals surface area contributed by atoms with E-state index in [-0.39, 0.29) is 17.7 Å². The third-order valence-corrected chi connectivity index (χ3v) is 5.65. The van der Waals surface area contributed by atoms with Crippen LogP contribution in [0.3, 0.4) is 0 Å². The number of nitrogens with zero attached hydrogens (tertiary/aromatic N) is 3. The minimum atomic E-state index is -3.50. The molecule has 1 saturated heterocycles. The first kappa shape index (κ1) is 21.8. The van der Waals surface area contributed by atoms with Crippen molar-refractivity contribution in [1.82, 2.24) is 14.9 Å². The molecule has 10 nitrogen and oxygen atoms in total. The van der Waals surface area contributed by atoms with Crippen LogP contribution in [0.2, 0.25) is 0 Å². The fourth-order valence-corrected chi connectivity index (χ4v) is 4.12. The molecule has 11 heteroatoms. The summed E-state index contributed by atoms with van der Waals surface area (Å²) in [5.41, 5.74) is 3.18. The zero-order valence-electron chi connectivity index (χ0n) is 17.8. The van der Waals surface area contributed by atoms with E-state index in [1.807, 2.05) is 6.07 Å². The summed E-state index contributed by atoms with van der Waals surface area (Å²) in [6.07, 6.45) is 2.64. The monoisotopic (exact) mass is 450 g/mol. The van der Waals surface area contributed by atoms with E-state index in [2.05, 4.69) is 26.6 Å². The van der Waals surface area contributed by atoms with Gasteiger partial charge in [-0.15, -0.1) is 0 Å². The van der Waals surface area contributed by atoms with Crippen LogP contribution in [-0.4, -0.2) is 76.1 Å².